The molecule has 3 N–H and O–H groups in total. The van der Waals surface area contributed by atoms with Crippen molar-refractivity contribution >= 4 is 23.1 Å². The molecule has 6 heteroatoms. The van der Waals surface area contributed by atoms with Gasteiger partial charge in [0.15, 0.2) is 0 Å². The molecule has 0 radical (unpaired) electrons. The lowest BCUT2D eigenvalue weighted by molar-refractivity contribution is 0.0896. The number of aromatic nitrogens is 1. The average molecular weight is 316 g/mol. The van der Waals surface area contributed by atoms with Gasteiger partial charge in [0.05, 0.1) is 0 Å². The smallest absolute Gasteiger partial charge is 0.270 e. The number of likely N-dealkylation sites (tertiary alicyclic amines) is 1. The second-order valence-electron chi connectivity index (χ2n) is 5.57. The number of carbonyl (C=O) groups is 1. The summed E-state index contributed by atoms with van der Waals surface area (Å²) in [5.74, 6) is 0.228. The third-order valence-electron chi connectivity index (χ3n) is 3.80. The van der Waals surface area contributed by atoms with Gasteiger partial charge in [0.25, 0.3) is 5.91 Å². The highest BCUT2D eigenvalue weighted by Gasteiger charge is 2.22. The molecule has 0 unspecified atom stereocenters. The lowest BCUT2D eigenvalue weighted by atomic mass is 10.1. The zero-order valence-electron chi connectivity index (χ0n) is 12.4. The van der Waals surface area contributed by atoms with E-state index in [0.717, 1.165) is 32.5 Å². The van der Waals surface area contributed by atoms with Crippen molar-refractivity contribution in [1.82, 2.24) is 15.2 Å². The first kappa shape index (κ1) is 15.0. The number of piperidine rings is 1. The SMILES string of the molecule is Nc1cccc(C(=O)N[C@@H]2CCCN(Cc3cccs3)C2)n1. The van der Waals surface area contributed by atoms with E-state index in [2.05, 4.69) is 32.7 Å². The molecule has 22 heavy (non-hydrogen) atoms. The van der Waals surface area contributed by atoms with Crippen LogP contribution in [0.3, 0.4) is 0 Å². The van der Waals surface area contributed by atoms with Crippen molar-refractivity contribution in [3.63, 3.8) is 0 Å². The molecule has 0 bridgehead atoms. The number of thiophene rings is 1. The van der Waals surface area contributed by atoms with Crippen molar-refractivity contribution in [2.24, 2.45) is 0 Å². The van der Waals surface area contributed by atoms with Gasteiger partial charge in [-0.2, -0.15) is 0 Å². The van der Waals surface area contributed by atoms with E-state index in [9.17, 15) is 4.79 Å². The zero-order valence-corrected chi connectivity index (χ0v) is 13.2. The van der Waals surface area contributed by atoms with Gasteiger partial charge in [-0.25, -0.2) is 4.98 Å². The van der Waals surface area contributed by atoms with Crippen LogP contribution in [-0.4, -0.2) is 34.9 Å². The molecule has 3 rings (SSSR count). The van der Waals surface area contributed by atoms with Gasteiger partial charge >= 0.3 is 0 Å². The van der Waals surface area contributed by atoms with Gasteiger partial charge in [-0.1, -0.05) is 12.1 Å². The Kier molecular flexibility index (Phi) is 4.70. The minimum Gasteiger partial charge on any atom is -0.384 e. The number of anilines is 1. The van der Waals surface area contributed by atoms with Crippen molar-refractivity contribution in [1.29, 1.82) is 0 Å². The average Bonchev–Trinajstić information content (AvgIpc) is 3.00. The third-order valence-corrected chi connectivity index (χ3v) is 4.66. The summed E-state index contributed by atoms with van der Waals surface area (Å²) < 4.78 is 0. The van der Waals surface area contributed by atoms with E-state index in [-0.39, 0.29) is 11.9 Å². The largest absolute Gasteiger partial charge is 0.384 e. The van der Waals surface area contributed by atoms with Gasteiger partial charge in [0, 0.05) is 24.0 Å². The maximum absolute atomic E-state index is 12.2. The monoisotopic (exact) mass is 316 g/mol. The van der Waals surface area contributed by atoms with Crippen LogP contribution < -0.4 is 11.1 Å². The van der Waals surface area contributed by atoms with Gasteiger partial charge in [-0.05, 0) is 43.0 Å². The Morgan fingerprint density at radius 2 is 2.32 bits per heavy atom. The molecule has 1 atom stereocenters. The molecule has 1 fully saturated rings. The minimum absolute atomic E-state index is 0.143. The molecule has 2 aromatic heterocycles. The predicted octanol–water partition coefficient (Wildman–Crippen LogP) is 2.12. The van der Waals surface area contributed by atoms with Gasteiger partial charge in [-0.3, -0.25) is 9.69 Å². The molecular weight excluding hydrogens is 296 g/mol. The standard InChI is InChI=1S/C16H20N4OS/c17-15-7-1-6-14(19-15)16(21)18-12-4-2-8-20(10-12)11-13-5-3-9-22-13/h1,3,5-7,9,12H,2,4,8,10-11H2,(H2,17,19)(H,18,21)/t12-/m1/s1. The number of nitrogens with zero attached hydrogens (tertiary/aromatic N) is 2. The molecule has 1 aliphatic rings. The number of carbonyl (C=O) groups excluding carboxylic acids is 1. The number of rotatable bonds is 4. The van der Waals surface area contributed by atoms with E-state index < -0.39 is 0 Å². The van der Waals surface area contributed by atoms with E-state index in [4.69, 9.17) is 5.73 Å². The Labute approximate surface area is 134 Å². The minimum atomic E-state index is -0.143. The fourth-order valence-corrected chi connectivity index (χ4v) is 3.52. The van der Waals surface area contributed by atoms with Crippen LogP contribution in [0.15, 0.2) is 35.7 Å². The zero-order chi connectivity index (χ0) is 15.4. The molecule has 0 saturated carbocycles. The number of hydrogen-bond donors (Lipinski definition) is 2. The summed E-state index contributed by atoms with van der Waals surface area (Å²) in [7, 11) is 0. The molecular formula is C16H20N4OS. The highest BCUT2D eigenvalue weighted by molar-refractivity contribution is 7.09. The summed E-state index contributed by atoms with van der Waals surface area (Å²) in [4.78, 5) is 20.1. The van der Waals surface area contributed by atoms with Crippen LogP contribution in [0.1, 0.15) is 28.2 Å². The second kappa shape index (κ2) is 6.89. The van der Waals surface area contributed by atoms with E-state index in [0.29, 0.717) is 11.5 Å². The Morgan fingerprint density at radius 1 is 1.41 bits per heavy atom. The van der Waals surface area contributed by atoms with Crippen LogP contribution in [0.2, 0.25) is 0 Å². The summed E-state index contributed by atoms with van der Waals surface area (Å²) in [6.07, 6.45) is 2.11. The highest BCUT2D eigenvalue weighted by atomic mass is 32.1. The lowest BCUT2D eigenvalue weighted by Gasteiger charge is -2.32. The fourth-order valence-electron chi connectivity index (χ4n) is 2.78. The van der Waals surface area contributed by atoms with Crippen molar-refractivity contribution in [2.75, 3.05) is 18.8 Å². The van der Waals surface area contributed by atoms with Gasteiger partial charge in [0.2, 0.25) is 0 Å². The fraction of sp³-hybridized carbons (Fsp3) is 0.375. The molecule has 1 saturated heterocycles. The summed E-state index contributed by atoms with van der Waals surface area (Å²) in [6.45, 7) is 2.92. The maximum Gasteiger partial charge on any atom is 0.270 e. The first-order chi connectivity index (χ1) is 10.7. The summed E-state index contributed by atoms with van der Waals surface area (Å²) in [6, 6.07) is 9.53. The van der Waals surface area contributed by atoms with Crippen molar-refractivity contribution in [3.05, 3.63) is 46.3 Å². The van der Waals surface area contributed by atoms with Crippen molar-refractivity contribution in [3.8, 4) is 0 Å². The lowest BCUT2D eigenvalue weighted by Crippen LogP contribution is -2.47. The molecule has 2 aromatic rings. The van der Waals surface area contributed by atoms with Crippen LogP contribution in [0, 0.1) is 0 Å². The summed E-state index contributed by atoms with van der Waals surface area (Å²) >= 11 is 1.78. The third kappa shape index (κ3) is 3.84. The highest BCUT2D eigenvalue weighted by Crippen LogP contribution is 2.17. The van der Waals surface area contributed by atoms with E-state index >= 15 is 0 Å². The Morgan fingerprint density at radius 3 is 3.09 bits per heavy atom. The quantitative estimate of drug-likeness (QED) is 0.906. The Hall–Kier alpha value is -1.92. The molecule has 0 aromatic carbocycles. The first-order valence-corrected chi connectivity index (χ1v) is 8.37. The first-order valence-electron chi connectivity index (χ1n) is 7.49. The van der Waals surface area contributed by atoms with E-state index in [1.165, 1.54) is 4.88 Å². The van der Waals surface area contributed by atoms with E-state index in [1.807, 2.05) is 0 Å². The molecule has 0 aliphatic carbocycles. The maximum atomic E-state index is 12.2. The molecule has 116 valence electrons. The molecule has 5 nitrogen and oxygen atoms in total. The summed E-state index contributed by atoms with van der Waals surface area (Å²) in [5.41, 5.74) is 6.01. The van der Waals surface area contributed by atoms with Crippen molar-refractivity contribution < 1.29 is 4.79 Å². The number of pyridine rings is 1. The van der Waals surface area contributed by atoms with Crippen LogP contribution in [0.4, 0.5) is 5.82 Å². The van der Waals surface area contributed by atoms with Crippen LogP contribution >= 0.6 is 11.3 Å². The molecule has 1 amide bonds. The second-order valence-corrected chi connectivity index (χ2v) is 6.61. The Bertz CT molecular complexity index is 629. The summed E-state index contributed by atoms with van der Waals surface area (Å²) in [5, 5.41) is 5.18. The van der Waals surface area contributed by atoms with Crippen LogP contribution in [0.5, 0.6) is 0 Å². The van der Waals surface area contributed by atoms with Gasteiger partial charge < -0.3 is 11.1 Å². The number of amides is 1. The number of hydrogen-bond acceptors (Lipinski definition) is 5. The predicted molar refractivity (Wildman–Crippen MR) is 88.7 cm³/mol. The topological polar surface area (TPSA) is 71.2 Å². The van der Waals surface area contributed by atoms with E-state index in [1.54, 1.807) is 29.5 Å². The van der Waals surface area contributed by atoms with Gasteiger partial charge in [-0.15, -0.1) is 11.3 Å². The van der Waals surface area contributed by atoms with Crippen LogP contribution in [-0.2, 0) is 6.54 Å². The van der Waals surface area contributed by atoms with Crippen molar-refractivity contribution in [2.45, 2.75) is 25.4 Å². The molecule has 1 aliphatic heterocycles. The van der Waals surface area contributed by atoms with Gasteiger partial charge in [0.1, 0.15) is 11.5 Å². The molecule has 3 heterocycles. The number of nitrogens with two attached hydrogens (primary N) is 1. The van der Waals surface area contributed by atoms with Crippen LogP contribution in [0.25, 0.3) is 0 Å². The molecule has 0 spiro atoms. The normalized spacial score (nSPS) is 19.0. The number of nitrogens with one attached hydrogen (secondary N) is 1. The Balaban J connectivity index is 1.57. The number of nitrogen functional groups attached to an aromatic ring is 1.